The first-order chi connectivity index (χ1) is 12.0. The molecule has 3 rings (SSSR count). The van der Waals surface area contributed by atoms with Gasteiger partial charge in [-0.2, -0.15) is 5.10 Å². The number of hydrogen-bond acceptors (Lipinski definition) is 2. The number of nitrogens with one attached hydrogen (secondary N) is 2. The molecule has 1 aromatic carbocycles. The average Bonchev–Trinajstić information content (AvgIpc) is 2.96. The quantitative estimate of drug-likeness (QED) is 0.741. The molecule has 5 nitrogen and oxygen atoms in total. The van der Waals surface area contributed by atoms with Gasteiger partial charge in [-0.3, -0.25) is 4.68 Å². The van der Waals surface area contributed by atoms with Crippen molar-refractivity contribution in [2.45, 2.75) is 38.1 Å². The molecular formula is C18H22BrFN4O. The molecule has 1 atom stereocenters. The van der Waals surface area contributed by atoms with Gasteiger partial charge in [0.2, 0.25) is 0 Å². The van der Waals surface area contributed by atoms with E-state index < -0.39 is 0 Å². The SMILES string of the molecule is Cn1ncc2c1CCCC2NC(=O)NCCCc1ccc(Br)cc1F. The van der Waals surface area contributed by atoms with Gasteiger partial charge in [0.1, 0.15) is 5.82 Å². The summed E-state index contributed by atoms with van der Waals surface area (Å²) in [5.74, 6) is -0.217. The number of benzene rings is 1. The maximum Gasteiger partial charge on any atom is 0.315 e. The number of fused-ring (bicyclic) bond motifs is 1. The van der Waals surface area contributed by atoms with E-state index in [-0.39, 0.29) is 17.9 Å². The number of hydrogen-bond donors (Lipinski definition) is 2. The Morgan fingerprint density at radius 2 is 2.32 bits per heavy atom. The van der Waals surface area contributed by atoms with Gasteiger partial charge in [0, 0.05) is 29.3 Å². The number of amides is 2. The van der Waals surface area contributed by atoms with E-state index in [2.05, 4.69) is 31.7 Å². The molecule has 2 aromatic rings. The van der Waals surface area contributed by atoms with Crippen LogP contribution in [0.4, 0.5) is 9.18 Å². The monoisotopic (exact) mass is 408 g/mol. The first kappa shape index (κ1) is 17.9. The molecule has 0 bridgehead atoms. The van der Waals surface area contributed by atoms with Gasteiger partial charge in [-0.05, 0) is 49.8 Å². The lowest BCUT2D eigenvalue weighted by molar-refractivity contribution is 0.235. The molecule has 1 aliphatic rings. The highest BCUT2D eigenvalue weighted by molar-refractivity contribution is 9.10. The van der Waals surface area contributed by atoms with Crippen LogP contribution in [0.2, 0.25) is 0 Å². The second-order valence-electron chi connectivity index (χ2n) is 6.35. The summed E-state index contributed by atoms with van der Waals surface area (Å²) >= 11 is 3.25. The Morgan fingerprint density at radius 3 is 3.12 bits per heavy atom. The van der Waals surface area contributed by atoms with E-state index in [4.69, 9.17) is 0 Å². The maximum atomic E-state index is 13.8. The van der Waals surface area contributed by atoms with Crippen molar-refractivity contribution in [2.24, 2.45) is 7.05 Å². The minimum Gasteiger partial charge on any atom is -0.338 e. The highest BCUT2D eigenvalue weighted by Gasteiger charge is 2.24. The summed E-state index contributed by atoms with van der Waals surface area (Å²) in [6.45, 7) is 0.508. The van der Waals surface area contributed by atoms with Gasteiger partial charge < -0.3 is 10.6 Å². The lowest BCUT2D eigenvalue weighted by Gasteiger charge is -2.24. The van der Waals surface area contributed by atoms with Gasteiger partial charge in [-0.25, -0.2) is 9.18 Å². The lowest BCUT2D eigenvalue weighted by atomic mass is 9.93. The summed E-state index contributed by atoms with van der Waals surface area (Å²) in [6.07, 6.45) is 6.10. The topological polar surface area (TPSA) is 59.0 Å². The zero-order valence-electron chi connectivity index (χ0n) is 14.2. The van der Waals surface area contributed by atoms with Crippen LogP contribution < -0.4 is 10.6 Å². The normalized spacial score (nSPS) is 16.4. The molecule has 0 saturated carbocycles. The number of rotatable bonds is 5. The Bertz CT molecular complexity index is 762. The summed E-state index contributed by atoms with van der Waals surface area (Å²) in [7, 11) is 1.93. The van der Waals surface area contributed by atoms with E-state index in [0.29, 0.717) is 24.9 Å². The predicted molar refractivity (Wildman–Crippen MR) is 97.8 cm³/mol. The molecule has 7 heteroatoms. The summed E-state index contributed by atoms with van der Waals surface area (Å²) in [4.78, 5) is 12.1. The summed E-state index contributed by atoms with van der Waals surface area (Å²) < 4.78 is 16.4. The van der Waals surface area contributed by atoms with E-state index >= 15 is 0 Å². The van der Waals surface area contributed by atoms with Crippen molar-refractivity contribution in [1.29, 1.82) is 0 Å². The van der Waals surface area contributed by atoms with E-state index in [1.165, 1.54) is 11.8 Å². The average molecular weight is 409 g/mol. The van der Waals surface area contributed by atoms with Crippen molar-refractivity contribution in [2.75, 3.05) is 6.54 Å². The van der Waals surface area contributed by atoms with Crippen molar-refractivity contribution < 1.29 is 9.18 Å². The molecule has 134 valence electrons. The van der Waals surface area contributed by atoms with Crippen LogP contribution >= 0.6 is 15.9 Å². The number of urea groups is 1. The predicted octanol–water partition coefficient (Wildman–Crippen LogP) is 3.63. The molecule has 2 N–H and O–H groups in total. The van der Waals surface area contributed by atoms with Crippen LogP contribution in [0.3, 0.4) is 0 Å². The number of nitrogens with zero attached hydrogens (tertiary/aromatic N) is 2. The number of halogens is 2. The van der Waals surface area contributed by atoms with Crippen LogP contribution in [-0.2, 0) is 19.9 Å². The van der Waals surface area contributed by atoms with Crippen LogP contribution in [0.25, 0.3) is 0 Å². The maximum absolute atomic E-state index is 13.8. The Balaban J connectivity index is 1.44. The number of carbonyl (C=O) groups is 1. The highest BCUT2D eigenvalue weighted by atomic mass is 79.9. The molecule has 1 heterocycles. The van der Waals surface area contributed by atoms with Crippen LogP contribution in [0.15, 0.2) is 28.9 Å². The highest BCUT2D eigenvalue weighted by Crippen LogP contribution is 2.28. The zero-order chi connectivity index (χ0) is 17.8. The summed E-state index contributed by atoms with van der Waals surface area (Å²) in [5.41, 5.74) is 2.97. The Hall–Kier alpha value is -1.89. The van der Waals surface area contributed by atoms with Gasteiger partial charge in [0.15, 0.2) is 0 Å². The molecule has 0 saturated heterocycles. The van der Waals surface area contributed by atoms with Crippen LogP contribution in [0, 0.1) is 5.82 Å². The van der Waals surface area contributed by atoms with E-state index in [0.717, 1.165) is 29.3 Å². The van der Waals surface area contributed by atoms with Gasteiger partial charge in [0.25, 0.3) is 0 Å². The smallest absolute Gasteiger partial charge is 0.315 e. The van der Waals surface area contributed by atoms with Gasteiger partial charge in [0.05, 0.1) is 12.2 Å². The van der Waals surface area contributed by atoms with Crippen molar-refractivity contribution in [1.82, 2.24) is 20.4 Å². The van der Waals surface area contributed by atoms with Crippen LogP contribution in [0.1, 0.15) is 42.1 Å². The van der Waals surface area contributed by atoms with Gasteiger partial charge in [-0.1, -0.05) is 22.0 Å². The first-order valence-electron chi connectivity index (χ1n) is 8.53. The van der Waals surface area contributed by atoms with E-state index in [1.807, 2.05) is 24.0 Å². The van der Waals surface area contributed by atoms with Crippen LogP contribution in [-0.4, -0.2) is 22.4 Å². The molecule has 0 radical (unpaired) electrons. The van der Waals surface area contributed by atoms with Crippen molar-refractivity contribution in [3.8, 4) is 0 Å². The molecule has 0 aliphatic heterocycles. The third-order valence-electron chi connectivity index (χ3n) is 4.60. The lowest BCUT2D eigenvalue weighted by Crippen LogP contribution is -2.39. The molecule has 1 aliphatic carbocycles. The number of carbonyl (C=O) groups excluding carboxylic acids is 1. The van der Waals surface area contributed by atoms with E-state index in [1.54, 1.807) is 6.07 Å². The Labute approximate surface area is 155 Å². The fourth-order valence-corrected chi connectivity index (χ4v) is 3.60. The molecule has 25 heavy (non-hydrogen) atoms. The van der Waals surface area contributed by atoms with Crippen molar-refractivity contribution >= 4 is 22.0 Å². The minimum atomic E-state index is -0.217. The standard InChI is InChI=1S/C18H22BrFN4O/c1-24-17-6-2-5-16(14(17)11-22-24)23-18(25)21-9-3-4-12-7-8-13(19)10-15(12)20/h7-8,10-11,16H,2-6,9H2,1H3,(H2,21,23,25). The molecule has 0 fully saturated rings. The zero-order valence-corrected chi connectivity index (χ0v) is 15.8. The Kier molecular flexibility index (Phi) is 5.73. The molecule has 2 amide bonds. The second-order valence-corrected chi connectivity index (χ2v) is 7.27. The molecule has 0 spiro atoms. The van der Waals surface area contributed by atoms with Crippen molar-refractivity contribution in [3.05, 3.63) is 51.5 Å². The summed E-state index contributed by atoms with van der Waals surface area (Å²) in [5, 5.41) is 10.2. The van der Waals surface area contributed by atoms with Crippen molar-refractivity contribution in [3.63, 3.8) is 0 Å². The second kappa shape index (κ2) is 7.99. The fraction of sp³-hybridized carbons (Fsp3) is 0.444. The number of aromatic nitrogens is 2. The largest absolute Gasteiger partial charge is 0.338 e. The molecular weight excluding hydrogens is 387 g/mol. The van der Waals surface area contributed by atoms with Crippen LogP contribution in [0.5, 0.6) is 0 Å². The third kappa shape index (κ3) is 4.39. The first-order valence-corrected chi connectivity index (χ1v) is 9.33. The summed E-state index contributed by atoms with van der Waals surface area (Å²) in [6, 6.07) is 4.89. The molecule has 1 unspecified atom stereocenters. The third-order valence-corrected chi connectivity index (χ3v) is 5.10. The Morgan fingerprint density at radius 1 is 1.48 bits per heavy atom. The molecule has 1 aromatic heterocycles. The van der Waals surface area contributed by atoms with Gasteiger partial charge in [-0.15, -0.1) is 0 Å². The van der Waals surface area contributed by atoms with Gasteiger partial charge >= 0.3 is 6.03 Å². The fourth-order valence-electron chi connectivity index (χ4n) is 3.27. The van der Waals surface area contributed by atoms with E-state index in [9.17, 15) is 9.18 Å². The number of aryl methyl sites for hydroxylation is 2. The minimum absolute atomic E-state index is 0.0152.